The van der Waals surface area contributed by atoms with E-state index in [2.05, 4.69) is 20.5 Å². The summed E-state index contributed by atoms with van der Waals surface area (Å²) in [5, 5.41) is 11.5. The Kier molecular flexibility index (Phi) is 4.90. The first-order chi connectivity index (χ1) is 12.8. The van der Waals surface area contributed by atoms with Gasteiger partial charge in [-0.15, -0.1) is 5.10 Å². The van der Waals surface area contributed by atoms with Gasteiger partial charge in [0.15, 0.2) is 0 Å². The number of carbonyl (C=O) groups is 1. The Labute approximate surface area is 151 Å². The molecule has 1 unspecified atom stereocenters. The maximum Gasteiger partial charge on any atom is 0.250 e. The molecule has 2 aromatic carbocycles. The van der Waals surface area contributed by atoms with E-state index in [1.54, 1.807) is 4.68 Å². The van der Waals surface area contributed by atoms with Crippen molar-refractivity contribution in [2.24, 2.45) is 0 Å². The number of rotatable bonds is 5. The largest absolute Gasteiger partial charge is 0.379 e. The maximum absolute atomic E-state index is 13.1. The first kappa shape index (κ1) is 16.7. The number of para-hydroxylation sites is 2. The molecule has 1 aromatic heterocycles. The van der Waals surface area contributed by atoms with Crippen molar-refractivity contribution in [3.63, 3.8) is 0 Å². The van der Waals surface area contributed by atoms with E-state index >= 15 is 0 Å². The van der Waals surface area contributed by atoms with E-state index < -0.39 is 6.04 Å². The van der Waals surface area contributed by atoms with Crippen molar-refractivity contribution in [1.82, 2.24) is 19.9 Å². The highest BCUT2D eigenvalue weighted by atomic mass is 16.5. The second-order valence-corrected chi connectivity index (χ2v) is 6.31. The summed E-state index contributed by atoms with van der Waals surface area (Å²) < 4.78 is 7.15. The van der Waals surface area contributed by atoms with Gasteiger partial charge in [0.1, 0.15) is 11.6 Å². The normalized spacial score (nSPS) is 16.5. The standard InChI is InChI=1S/C19H21N5O2/c25-19(20-15-6-2-1-3-7-15)18(14-23-10-12-26-13-11-23)24-17-9-5-4-8-16(17)21-22-24/h1-9,18H,10-14H2,(H,20,25). The number of carbonyl (C=O) groups excluding carboxylic acids is 1. The molecular weight excluding hydrogens is 330 g/mol. The summed E-state index contributed by atoms with van der Waals surface area (Å²) in [5.74, 6) is -0.0988. The second-order valence-electron chi connectivity index (χ2n) is 6.31. The fourth-order valence-corrected chi connectivity index (χ4v) is 3.16. The van der Waals surface area contributed by atoms with Crippen molar-refractivity contribution in [3.05, 3.63) is 54.6 Å². The summed E-state index contributed by atoms with van der Waals surface area (Å²) in [6.45, 7) is 3.55. The van der Waals surface area contributed by atoms with Crippen LogP contribution in [0.3, 0.4) is 0 Å². The molecule has 134 valence electrons. The molecule has 0 saturated carbocycles. The van der Waals surface area contributed by atoms with Gasteiger partial charge in [0.05, 0.1) is 18.7 Å². The molecule has 4 rings (SSSR count). The van der Waals surface area contributed by atoms with Crippen molar-refractivity contribution >= 4 is 22.6 Å². The first-order valence-electron chi connectivity index (χ1n) is 8.77. The predicted octanol–water partition coefficient (Wildman–Crippen LogP) is 1.94. The summed E-state index contributed by atoms with van der Waals surface area (Å²) >= 11 is 0. The zero-order valence-corrected chi connectivity index (χ0v) is 14.4. The van der Waals surface area contributed by atoms with Crippen LogP contribution in [0, 0.1) is 0 Å². The highest BCUT2D eigenvalue weighted by molar-refractivity contribution is 5.94. The molecule has 7 nitrogen and oxygen atoms in total. The molecule has 0 radical (unpaired) electrons. The van der Waals surface area contributed by atoms with E-state index in [9.17, 15) is 4.79 Å². The minimum absolute atomic E-state index is 0.0988. The van der Waals surface area contributed by atoms with Crippen LogP contribution in [-0.2, 0) is 9.53 Å². The average molecular weight is 351 g/mol. The highest BCUT2D eigenvalue weighted by Crippen LogP contribution is 2.19. The number of aromatic nitrogens is 3. The zero-order chi connectivity index (χ0) is 17.8. The first-order valence-corrected chi connectivity index (χ1v) is 8.77. The topological polar surface area (TPSA) is 72.3 Å². The molecule has 7 heteroatoms. The molecule has 2 heterocycles. The SMILES string of the molecule is O=C(Nc1ccccc1)C(CN1CCOCC1)n1nnc2ccccc21. The fraction of sp³-hybridized carbons (Fsp3) is 0.316. The lowest BCUT2D eigenvalue weighted by Gasteiger charge is -2.30. The van der Waals surface area contributed by atoms with Gasteiger partial charge in [-0.1, -0.05) is 35.5 Å². The van der Waals surface area contributed by atoms with Gasteiger partial charge in [-0.3, -0.25) is 9.69 Å². The quantitative estimate of drug-likeness (QED) is 0.761. The van der Waals surface area contributed by atoms with E-state index in [0.29, 0.717) is 19.8 Å². The van der Waals surface area contributed by atoms with Crippen LogP contribution in [0.15, 0.2) is 54.6 Å². The third-order valence-corrected chi connectivity index (χ3v) is 4.55. The maximum atomic E-state index is 13.1. The Morgan fingerprint density at radius 3 is 2.62 bits per heavy atom. The van der Waals surface area contributed by atoms with E-state index in [0.717, 1.165) is 29.8 Å². The van der Waals surface area contributed by atoms with Crippen molar-refractivity contribution in [3.8, 4) is 0 Å². The minimum Gasteiger partial charge on any atom is -0.379 e. The van der Waals surface area contributed by atoms with Crippen LogP contribution < -0.4 is 5.32 Å². The van der Waals surface area contributed by atoms with E-state index in [1.807, 2.05) is 54.6 Å². The summed E-state index contributed by atoms with van der Waals surface area (Å²) in [5.41, 5.74) is 2.41. The molecule has 0 spiro atoms. The van der Waals surface area contributed by atoms with Crippen molar-refractivity contribution in [1.29, 1.82) is 0 Å². The Morgan fingerprint density at radius 1 is 1.08 bits per heavy atom. The van der Waals surface area contributed by atoms with Crippen LogP contribution in [0.1, 0.15) is 6.04 Å². The Bertz CT molecular complexity index is 874. The number of benzene rings is 2. The Morgan fingerprint density at radius 2 is 1.81 bits per heavy atom. The van der Waals surface area contributed by atoms with Gasteiger partial charge in [-0.25, -0.2) is 4.68 Å². The highest BCUT2D eigenvalue weighted by Gasteiger charge is 2.27. The molecule has 1 aliphatic heterocycles. The lowest BCUT2D eigenvalue weighted by Crippen LogP contribution is -2.43. The Balaban J connectivity index is 1.63. The predicted molar refractivity (Wildman–Crippen MR) is 98.9 cm³/mol. The molecule has 26 heavy (non-hydrogen) atoms. The molecule has 0 bridgehead atoms. The van der Waals surface area contributed by atoms with Gasteiger partial charge in [0.2, 0.25) is 0 Å². The molecule has 1 N–H and O–H groups in total. The molecule has 1 atom stereocenters. The lowest BCUT2D eigenvalue weighted by atomic mass is 10.2. The second kappa shape index (κ2) is 7.63. The number of nitrogens with zero attached hydrogens (tertiary/aromatic N) is 4. The summed E-state index contributed by atoms with van der Waals surface area (Å²) in [7, 11) is 0. The van der Waals surface area contributed by atoms with Gasteiger partial charge in [0, 0.05) is 25.3 Å². The summed E-state index contributed by atoms with van der Waals surface area (Å²) in [4.78, 5) is 15.3. The number of morpholine rings is 1. The number of fused-ring (bicyclic) bond motifs is 1. The molecule has 0 aliphatic carbocycles. The Hall–Kier alpha value is -2.77. The molecular formula is C19H21N5O2. The number of hydrogen-bond donors (Lipinski definition) is 1. The molecule has 1 fully saturated rings. The molecule has 1 amide bonds. The smallest absolute Gasteiger partial charge is 0.250 e. The summed E-state index contributed by atoms with van der Waals surface area (Å²) in [6.07, 6.45) is 0. The third kappa shape index (κ3) is 3.58. The number of anilines is 1. The lowest BCUT2D eigenvalue weighted by molar-refractivity contribution is -0.120. The van der Waals surface area contributed by atoms with Crippen LogP contribution >= 0.6 is 0 Å². The van der Waals surface area contributed by atoms with E-state index in [4.69, 9.17) is 4.74 Å². The number of nitrogens with one attached hydrogen (secondary N) is 1. The monoisotopic (exact) mass is 351 g/mol. The fourth-order valence-electron chi connectivity index (χ4n) is 3.16. The number of hydrogen-bond acceptors (Lipinski definition) is 5. The van der Waals surface area contributed by atoms with Crippen LogP contribution in [0.25, 0.3) is 11.0 Å². The zero-order valence-electron chi connectivity index (χ0n) is 14.4. The van der Waals surface area contributed by atoms with Gasteiger partial charge < -0.3 is 10.1 Å². The number of amides is 1. The van der Waals surface area contributed by atoms with Crippen LogP contribution in [0.5, 0.6) is 0 Å². The van der Waals surface area contributed by atoms with Crippen molar-refractivity contribution in [2.45, 2.75) is 6.04 Å². The average Bonchev–Trinajstić information content (AvgIpc) is 3.11. The van der Waals surface area contributed by atoms with E-state index in [1.165, 1.54) is 0 Å². The van der Waals surface area contributed by atoms with Gasteiger partial charge >= 0.3 is 0 Å². The minimum atomic E-state index is -0.472. The van der Waals surface area contributed by atoms with Gasteiger partial charge in [-0.2, -0.15) is 0 Å². The van der Waals surface area contributed by atoms with E-state index in [-0.39, 0.29) is 5.91 Å². The van der Waals surface area contributed by atoms with Crippen LogP contribution in [0.2, 0.25) is 0 Å². The molecule has 1 saturated heterocycles. The summed E-state index contributed by atoms with van der Waals surface area (Å²) in [6, 6.07) is 16.7. The number of ether oxygens (including phenoxy) is 1. The van der Waals surface area contributed by atoms with Crippen LogP contribution in [-0.4, -0.2) is 58.6 Å². The third-order valence-electron chi connectivity index (χ3n) is 4.55. The van der Waals surface area contributed by atoms with Crippen LogP contribution in [0.4, 0.5) is 5.69 Å². The molecule has 3 aromatic rings. The van der Waals surface area contributed by atoms with Gasteiger partial charge in [0.25, 0.3) is 5.91 Å². The van der Waals surface area contributed by atoms with Crippen molar-refractivity contribution in [2.75, 3.05) is 38.2 Å². The van der Waals surface area contributed by atoms with Gasteiger partial charge in [-0.05, 0) is 24.3 Å². The molecule has 1 aliphatic rings. The van der Waals surface area contributed by atoms with Crippen molar-refractivity contribution < 1.29 is 9.53 Å².